The topological polar surface area (TPSA) is 46.9 Å². The van der Waals surface area contributed by atoms with E-state index < -0.39 is 0 Å². The van der Waals surface area contributed by atoms with Gasteiger partial charge in [0.25, 0.3) is 5.91 Å². The molecule has 6 heteroatoms. The Morgan fingerprint density at radius 3 is 2.83 bits per heavy atom. The number of nitrogens with zero attached hydrogens (tertiary/aromatic N) is 2. The molecule has 118 valence electrons. The number of carbonyl (C=O) groups is 1. The van der Waals surface area contributed by atoms with Crippen LogP contribution in [0.5, 0.6) is 0 Å². The van der Waals surface area contributed by atoms with Crippen LogP contribution in [0.2, 0.25) is 5.02 Å². The fourth-order valence-electron chi connectivity index (χ4n) is 2.56. The summed E-state index contributed by atoms with van der Waals surface area (Å²) in [7, 11) is 1.86. The van der Waals surface area contributed by atoms with Crippen LogP contribution in [0.4, 0.5) is 0 Å². The van der Waals surface area contributed by atoms with Crippen molar-refractivity contribution in [1.29, 1.82) is 0 Å². The lowest BCUT2D eigenvalue weighted by atomic mass is 10.1. The molecule has 4 nitrogen and oxygen atoms in total. The smallest absolute Gasteiger partial charge is 0.268 e. The minimum atomic E-state index is -0.138. The first-order valence-corrected chi connectivity index (χ1v) is 8.29. The molecule has 0 aliphatic heterocycles. The lowest BCUT2D eigenvalue weighted by molar-refractivity contribution is 0.0932. The van der Waals surface area contributed by atoms with E-state index in [0.29, 0.717) is 10.7 Å². The predicted octanol–water partition coefficient (Wildman–Crippen LogP) is 4.48. The molecule has 1 N–H and O–H groups in total. The molecule has 1 amide bonds. The molecule has 0 unspecified atom stereocenters. The molecule has 0 radical (unpaired) electrons. The molecule has 0 saturated carbocycles. The van der Waals surface area contributed by atoms with Crippen molar-refractivity contribution in [3.05, 3.63) is 63.5 Å². The zero-order chi connectivity index (χ0) is 16.6. The molecular formula is C17H15BrClN3O. The number of benzene rings is 1. The van der Waals surface area contributed by atoms with Gasteiger partial charge in [0.1, 0.15) is 5.69 Å². The van der Waals surface area contributed by atoms with E-state index in [-0.39, 0.29) is 11.9 Å². The highest BCUT2D eigenvalue weighted by Gasteiger charge is 2.17. The summed E-state index contributed by atoms with van der Waals surface area (Å²) in [5.74, 6) is -0.136. The van der Waals surface area contributed by atoms with Gasteiger partial charge in [-0.3, -0.25) is 9.78 Å². The second-order valence-electron chi connectivity index (χ2n) is 5.39. The molecule has 0 spiro atoms. The normalized spacial score (nSPS) is 12.3. The zero-order valence-electron chi connectivity index (χ0n) is 12.7. The van der Waals surface area contributed by atoms with Gasteiger partial charge in [-0.2, -0.15) is 0 Å². The highest BCUT2D eigenvalue weighted by molar-refractivity contribution is 9.10. The molecule has 1 atom stereocenters. The maximum absolute atomic E-state index is 12.6. The third kappa shape index (κ3) is 3.12. The summed E-state index contributed by atoms with van der Waals surface area (Å²) < 4.78 is 2.71. The van der Waals surface area contributed by atoms with Gasteiger partial charge in [0.05, 0.1) is 17.8 Å². The van der Waals surface area contributed by atoms with Crippen molar-refractivity contribution in [3.8, 4) is 0 Å². The van der Waals surface area contributed by atoms with E-state index in [1.807, 2.05) is 48.9 Å². The molecule has 3 rings (SSSR count). The van der Waals surface area contributed by atoms with Crippen molar-refractivity contribution in [3.63, 3.8) is 0 Å². The van der Waals surface area contributed by atoms with Crippen molar-refractivity contribution < 1.29 is 4.79 Å². The van der Waals surface area contributed by atoms with E-state index in [9.17, 15) is 4.79 Å². The highest BCUT2D eigenvalue weighted by atomic mass is 79.9. The molecule has 0 fully saturated rings. The van der Waals surface area contributed by atoms with Gasteiger partial charge in [-0.05, 0) is 46.6 Å². The molecule has 2 heterocycles. The van der Waals surface area contributed by atoms with Gasteiger partial charge >= 0.3 is 0 Å². The standard InChI is InChI=1S/C17H15BrClN3O/c1-10(11-4-3-5-12(19)6-11)21-17(23)15-7-13-14(18)8-20-9-16(13)22(15)2/h3-10H,1-2H3,(H,21,23)/t10-/m1/s1. The van der Waals surface area contributed by atoms with Crippen molar-refractivity contribution >= 4 is 44.3 Å². The zero-order valence-corrected chi connectivity index (χ0v) is 15.0. The Hall–Kier alpha value is -1.85. The Kier molecular flexibility index (Phi) is 4.41. The molecule has 1 aromatic carbocycles. The van der Waals surface area contributed by atoms with Gasteiger partial charge in [-0.15, -0.1) is 0 Å². The summed E-state index contributed by atoms with van der Waals surface area (Å²) in [5.41, 5.74) is 2.45. The van der Waals surface area contributed by atoms with Gasteiger partial charge in [-0.1, -0.05) is 23.7 Å². The maximum atomic E-state index is 12.6. The Labute approximate surface area is 147 Å². The molecule has 0 saturated heterocycles. The SMILES string of the molecule is C[C@@H](NC(=O)c1cc2c(Br)cncc2n1C)c1cccc(Cl)c1. The first kappa shape index (κ1) is 16.0. The van der Waals surface area contributed by atoms with E-state index in [1.165, 1.54) is 0 Å². The van der Waals surface area contributed by atoms with Crippen LogP contribution in [-0.4, -0.2) is 15.5 Å². The lowest BCUT2D eigenvalue weighted by Gasteiger charge is -2.15. The Balaban J connectivity index is 1.89. The first-order valence-electron chi connectivity index (χ1n) is 7.12. The quantitative estimate of drug-likeness (QED) is 0.714. The summed E-state index contributed by atoms with van der Waals surface area (Å²) >= 11 is 9.48. The van der Waals surface area contributed by atoms with Crippen LogP contribution in [0.15, 0.2) is 47.2 Å². The van der Waals surface area contributed by atoms with Crippen LogP contribution in [0, 0.1) is 0 Å². The number of nitrogens with one attached hydrogen (secondary N) is 1. The van der Waals surface area contributed by atoms with E-state index in [1.54, 1.807) is 12.4 Å². The molecule has 0 aliphatic carbocycles. The third-order valence-electron chi connectivity index (χ3n) is 3.85. The number of aromatic nitrogens is 2. The second-order valence-corrected chi connectivity index (χ2v) is 6.68. The number of rotatable bonds is 3. The number of carbonyl (C=O) groups excluding carboxylic acids is 1. The van der Waals surface area contributed by atoms with E-state index in [0.717, 1.165) is 20.9 Å². The van der Waals surface area contributed by atoms with Crippen LogP contribution in [0.25, 0.3) is 10.9 Å². The highest BCUT2D eigenvalue weighted by Crippen LogP contribution is 2.26. The Morgan fingerprint density at radius 2 is 2.13 bits per heavy atom. The minimum Gasteiger partial charge on any atom is -0.344 e. The Morgan fingerprint density at radius 1 is 1.35 bits per heavy atom. The van der Waals surface area contributed by atoms with Crippen LogP contribution in [0.1, 0.15) is 29.0 Å². The van der Waals surface area contributed by atoms with E-state index in [4.69, 9.17) is 11.6 Å². The fourth-order valence-corrected chi connectivity index (χ4v) is 3.19. The average molecular weight is 393 g/mol. The summed E-state index contributed by atoms with van der Waals surface area (Å²) in [5, 5.41) is 4.62. The maximum Gasteiger partial charge on any atom is 0.268 e. The molecule has 0 bridgehead atoms. The summed E-state index contributed by atoms with van der Waals surface area (Å²) in [6.45, 7) is 1.93. The van der Waals surface area contributed by atoms with Crippen LogP contribution >= 0.6 is 27.5 Å². The van der Waals surface area contributed by atoms with Crippen molar-refractivity contribution in [2.45, 2.75) is 13.0 Å². The van der Waals surface area contributed by atoms with Crippen LogP contribution < -0.4 is 5.32 Å². The van der Waals surface area contributed by atoms with Crippen LogP contribution in [0.3, 0.4) is 0 Å². The summed E-state index contributed by atoms with van der Waals surface area (Å²) in [6.07, 6.45) is 3.47. The predicted molar refractivity (Wildman–Crippen MR) is 95.7 cm³/mol. The number of aryl methyl sites for hydroxylation is 1. The van der Waals surface area contributed by atoms with Gasteiger partial charge < -0.3 is 9.88 Å². The number of pyridine rings is 1. The second kappa shape index (κ2) is 6.34. The van der Waals surface area contributed by atoms with E-state index >= 15 is 0 Å². The molecular weight excluding hydrogens is 378 g/mol. The number of fused-ring (bicyclic) bond motifs is 1. The minimum absolute atomic E-state index is 0.136. The summed E-state index contributed by atoms with van der Waals surface area (Å²) in [4.78, 5) is 16.8. The fraction of sp³-hybridized carbons (Fsp3) is 0.176. The van der Waals surface area contributed by atoms with Crippen molar-refractivity contribution in [1.82, 2.24) is 14.9 Å². The third-order valence-corrected chi connectivity index (χ3v) is 4.72. The van der Waals surface area contributed by atoms with Gasteiger partial charge in [0, 0.05) is 28.1 Å². The number of halogens is 2. The molecule has 0 aliphatic rings. The van der Waals surface area contributed by atoms with E-state index in [2.05, 4.69) is 26.2 Å². The molecule has 3 aromatic rings. The average Bonchev–Trinajstić information content (AvgIpc) is 2.86. The first-order chi connectivity index (χ1) is 11.0. The number of amides is 1. The number of hydrogen-bond donors (Lipinski definition) is 1. The molecule has 2 aromatic heterocycles. The largest absolute Gasteiger partial charge is 0.344 e. The van der Waals surface area contributed by atoms with Crippen LogP contribution in [-0.2, 0) is 7.05 Å². The lowest BCUT2D eigenvalue weighted by Crippen LogP contribution is -2.28. The van der Waals surface area contributed by atoms with Crippen molar-refractivity contribution in [2.75, 3.05) is 0 Å². The summed E-state index contributed by atoms with van der Waals surface area (Å²) in [6, 6.07) is 9.21. The van der Waals surface area contributed by atoms with Gasteiger partial charge in [-0.25, -0.2) is 0 Å². The van der Waals surface area contributed by atoms with Gasteiger partial charge in [0.2, 0.25) is 0 Å². The number of hydrogen-bond acceptors (Lipinski definition) is 2. The van der Waals surface area contributed by atoms with Gasteiger partial charge in [0.15, 0.2) is 0 Å². The monoisotopic (exact) mass is 391 g/mol. The Bertz CT molecular complexity index is 891. The molecule has 23 heavy (non-hydrogen) atoms. The van der Waals surface area contributed by atoms with Crippen molar-refractivity contribution in [2.24, 2.45) is 7.05 Å².